The second kappa shape index (κ2) is 4.55. The molecule has 88 valence electrons. The number of nitrogens with zero attached hydrogens (tertiary/aromatic N) is 5. The Morgan fingerprint density at radius 3 is 3.06 bits per heavy atom. The number of halogens is 1. The van der Waals surface area contributed by atoms with Crippen LogP contribution in [0.2, 0.25) is 5.28 Å². The maximum absolute atomic E-state index is 8.70. The largest absolute Gasteiger partial charge is 0.354 e. The third kappa shape index (κ3) is 2.15. The maximum atomic E-state index is 8.70. The van der Waals surface area contributed by atoms with Gasteiger partial charge in [-0.25, -0.2) is 4.98 Å². The van der Waals surface area contributed by atoms with E-state index in [0.717, 1.165) is 5.52 Å². The second-order valence-corrected chi connectivity index (χ2v) is 4.08. The average Bonchev–Trinajstić information content (AvgIpc) is 2.75. The summed E-state index contributed by atoms with van der Waals surface area (Å²) >= 11 is 5.84. The molecule has 1 N–H and O–H groups in total. The van der Waals surface area contributed by atoms with E-state index in [-0.39, 0.29) is 11.3 Å². The first-order valence-corrected chi connectivity index (χ1v) is 5.47. The Morgan fingerprint density at radius 1 is 1.59 bits per heavy atom. The monoisotopic (exact) mass is 250 g/mol. The third-order valence-corrected chi connectivity index (χ3v) is 2.79. The van der Waals surface area contributed by atoms with Crippen LogP contribution in [0.3, 0.4) is 0 Å². The van der Waals surface area contributed by atoms with Crippen molar-refractivity contribution in [3.8, 4) is 6.07 Å². The minimum Gasteiger partial charge on any atom is -0.354 e. The van der Waals surface area contributed by atoms with E-state index in [9.17, 15) is 0 Å². The Bertz CT molecular complexity index is 572. The van der Waals surface area contributed by atoms with E-state index >= 15 is 0 Å². The Balaban J connectivity index is 2.47. The predicted molar refractivity (Wildman–Crippen MR) is 64.8 cm³/mol. The SMILES string of the molecule is CC(CC#N)N(C)c1nc(Cl)nc2nc[nH]c12. The summed E-state index contributed by atoms with van der Waals surface area (Å²) in [6, 6.07) is 2.17. The van der Waals surface area contributed by atoms with Gasteiger partial charge >= 0.3 is 0 Å². The number of hydrogen-bond acceptors (Lipinski definition) is 5. The van der Waals surface area contributed by atoms with Crippen molar-refractivity contribution in [2.24, 2.45) is 0 Å². The van der Waals surface area contributed by atoms with E-state index in [1.54, 1.807) is 6.33 Å². The molecule has 0 saturated heterocycles. The molecule has 7 heteroatoms. The van der Waals surface area contributed by atoms with Crippen LogP contribution in [-0.4, -0.2) is 33.0 Å². The van der Waals surface area contributed by atoms with Gasteiger partial charge in [0.2, 0.25) is 5.28 Å². The minimum absolute atomic E-state index is 0.0393. The smallest absolute Gasteiger partial charge is 0.226 e. The van der Waals surface area contributed by atoms with E-state index in [1.165, 1.54) is 0 Å². The van der Waals surface area contributed by atoms with Crippen molar-refractivity contribution in [3.05, 3.63) is 11.6 Å². The summed E-state index contributed by atoms with van der Waals surface area (Å²) in [7, 11) is 1.86. The van der Waals surface area contributed by atoms with Crippen molar-refractivity contribution in [1.82, 2.24) is 19.9 Å². The number of imidazole rings is 1. The third-order valence-electron chi connectivity index (χ3n) is 2.62. The molecular formula is C10H11ClN6. The standard InChI is InChI=1S/C10H11ClN6/c1-6(3-4-12)17(2)9-7-8(14-5-13-7)15-10(11)16-9/h5-6H,3H2,1-2H3,(H,13,14,15,16). The summed E-state index contributed by atoms with van der Waals surface area (Å²) in [6.07, 6.45) is 1.95. The number of nitrogens with one attached hydrogen (secondary N) is 1. The van der Waals surface area contributed by atoms with Gasteiger partial charge in [-0.05, 0) is 18.5 Å². The lowest BCUT2D eigenvalue weighted by molar-refractivity contribution is 0.695. The Kier molecular flexibility index (Phi) is 3.11. The molecule has 0 aliphatic heterocycles. The molecule has 0 saturated carbocycles. The molecule has 0 radical (unpaired) electrons. The number of fused-ring (bicyclic) bond motifs is 1. The van der Waals surface area contributed by atoms with Gasteiger partial charge in [0.15, 0.2) is 11.5 Å². The van der Waals surface area contributed by atoms with Crippen LogP contribution in [0, 0.1) is 11.3 Å². The van der Waals surface area contributed by atoms with Crippen LogP contribution in [0.5, 0.6) is 0 Å². The molecule has 2 rings (SSSR count). The summed E-state index contributed by atoms with van der Waals surface area (Å²) in [5, 5.41) is 8.85. The van der Waals surface area contributed by atoms with Crippen molar-refractivity contribution < 1.29 is 0 Å². The summed E-state index contributed by atoms with van der Waals surface area (Å²) in [6.45, 7) is 1.95. The van der Waals surface area contributed by atoms with E-state index in [1.807, 2.05) is 18.9 Å². The maximum Gasteiger partial charge on any atom is 0.226 e. The highest BCUT2D eigenvalue weighted by molar-refractivity contribution is 6.28. The van der Waals surface area contributed by atoms with E-state index < -0.39 is 0 Å². The summed E-state index contributed by atoms with van der Waals surface area (Å²) in [5.41, 5.74) is 1.25. The van der Waals surface area contributed by atoms with Crippen LogP contribution in [0.1, 0.15) is 13.3 Å². The van der Waals surface area contributed by atoms with Crippen molar-refractivity contribution in [2.75, 3.05) is 11.9 Å². The molecule has 0 bridgehead atoms. The number of H-pyrrole nitrogens is 1. The summed E-state index contributed by atoms with van der Waals surface area (Å²) < 4.78 is 0. The summed E-state index contributed by atoms with van der Waals surface area (Å²) in [4.78, 5) is 17.1. The molecule has 0 aliphatic carbocycles. The Morgan fingerprint density at radius 2 is 2.35 bits per heavy atom. The lowest BCUT2D eigenvalue weighted by Crippen LogP contribution is -2.29. The van der Waals surface area contributed by atoms with Gasteiger partial charge in [-0.2, -0.15) is 15.2 Å². The first-order chi connectivity index (χ1) is 8.13. The van der Waals surface area contributed by atoms with E-state index in [2.05, 4.69) is 26.0 Å². The van der Waals surface area contributed by atoms with Gasteiger partial charge in [0.25, 0.3) is 0 Å². The molecule has 2 aromatic heterocycles. The fourth-order valence-electron chi connectivity index (χ4n) is 1.53. The molecular weight excluding hydrogens is 240 g/mol. The molecule has 0 amide bonds. The van der Waals surface area contributed by atoms with Crippen LogP contribution in [0.15, 0.2) is 6.33 Å². The van der Waals surface area contributed by atoms with Crippen molar-refractivity contribution in [2.45, 2.75) is 19.4 Å². The molecule has 0 fully saturated rings. The van der Waals surface area contributed by atoms with Gasteiger partial charge in [0.05, 0.1) is 18.8 Å². The van der Waals surface area contributed by atoms with Gasteiger partial charge in [0.1, 0.15) is 5.52 Å². The topological polar surface area (TPSA) is 81.5 Å². The molecule has 1 unspecified atom stereocenters. The number of nitriles is 1. The Labute approximate surface area is 103 Å². The zero-order valence-corrected chi connectivity index (χ0v) is 10.2. The van der Waals surface area contributed by atoms with Crippen LogP contribution >= 0.6 is 11.6 Å². The lowest BCUT2D eigenvalue weighted by Gasteiger charge is -2.24. The van der Waals surface area contributed by atoms with Gasteiger partial charge in [-0.3, -0.25) is 0 Å². The number of aromatic nitrogens is 4. The fourth-order valence-corrected chi connectivity index (χ4v) is 1.69. The number of rotatable bonds is 3. The second-order valence-electron chi connectivity index (χ2n) is 3.74. The molecule has 0 aromatic carbocycles. The first-order valence-electron chi connectivity index (χ1n) is 5.10. The van der Waals surface area contributed by atoms with Crippen LogP contribution < -0.4 is 4.90 Å². The highest BCUT2D eigenvalue weighted by Gasteiger charge is 2.17. The van der Waals surface area contributed by atoms with E-state index in [4.69, 9.17) is 16.9 Å². The van der Waals surface area contributed by atoms with Gasteiger partial charge < -0.3 is 9.88 Å². The normalized spacial score (nSPS) is 12.4. The van der Waals surface area contributed by atoms with Crippen LogP contribution in [0.4, 0.5) is 5.82 Å². The zero-order chi connectivity index (χ0) is 12.4. The molecule has 0 aliphatic rings. The van der Waals surface area contributed by atoms with Crippen molar-refractivity contribution in [1.29, 1.82) is 5.26 Å². The Hall–Kier alpha value is -1.87. The molecule has 0 spiro atoms. The lowest BCUT2D eigenvalue weighted by atomic mass is 10.2. The average molecular weight is 251 g/mol. The number of anilines is 1. The first kappa shape index (κ1) is 11.6. The zero-order valence-electron chi connectivity index (χ0n) is 9.48. The fraction of sp³-hybridized carbons (Fsp3) is 0.400. The molecule has 2 heterocycles. The van der Waals surface area contributed by atoms with Crippen LogP contribution in [0.25, 0.3) is 11.2 Å². The quantitative estimate of drug-likeness (QED) is 0.840. The molecule has 2 aromatic rings. The molecule has 6 nitrogen and oxygen atoms in total. The highest BCUT2D eigenvalue weighted by Crippen LogP contribution is 2.23. The van der Waals surface area contributed by atoms with Gasteiger partial charge in [-0.1, -0.05) is 0 Å². The number of hydrogen-bond donors (Lipinski definition) is 1. The van der Waals surface area contributed by atoms with Gasteiger partial charge in [-0.15, -0.1) is 0 Å². The van der Waals surface area contributed by atoms with Crippen LogP contribution in [-0.2, 0) is 0 Å². The van der Waals surface area contributed by atoms with Crippen molar-refractivity contribution in [3.63, 3.8) is 0 Å². The number of aromatic amines is 1. The predicted octanol–water partition coefficient (Wildman–Crippen LogP) is 1.74. The highest BCUT2D eigenvalue weighted by atomic mass is 35.5. The minimum atomic E-state index is 0.0393. The summed E-state index contributed by atoms with van der Waals surface area (Å²) in [5.74, 6) is 0.653. The van der Waals surface area contributed by atoms with Gasteiger partial charge in [0, 0.05) is 13.1 Å². The van der Waals surface area contributed by atoms with E-state index in [0.29, 0.717) is 17.9 Å². The molecule has 1 atom stereocenters. The van der Waals surface area contributed by atoms with Crippen molar-refractivity contribution >= 4 is 28.6 Å². The molecule has 17 heavy (non-hydrogen) atoms.